The molecule has 0 radical (unpaired) electrons. The van der Waals surface area contributed by atoms with Crippen LogP contribution in [0.15, 0.2) is 49.1 Å². The number of halogens is 1. The molecule has 8 heteroatoms. The van der Waals surface area contributed by atoms with Gasteiger partial charge in [0.1, 0.15) is 17.1 Å². The Balaban J connectivity index is 1.83. The van der Waals surface area contributed by atoms with Crippen molar-refractivity contribution in [2.75, 3.05) is 20.3 Å². The first-order chi connectivity index (χ1) is 16.0. The number of phenols is 1. The molecule has 0 bridgehead atoms. The van der Waals surface area contributed by atoms with Gasteiger partial charge in [0.2, 0.25) is 0 Å². The van der Waals surface area contributed by atoms with E-state index in [-0.39, 0.29) is 11.7 Å². The van der Waals surface area contributed by atoms with Crippen LogP contribution in [0.1, 0.15) is 47.4 Å². The number of hydrogen-bond donors (Lipinski definition) is 2. The number of unbranched alkanes of at least 4 members (excludes halogenated alkanes) is 1. The van der Waals surface area contributed by atoms with Gasteiger partial charge in [-0.15, -0.1) is 6.58 Å². The summed E-state index contributed by atoms with van der Waals surface area (Å²) >= 11 is 6.18. The number of aromatic nitrogens is 2. The second-order valence-corrected chi connectivity index (χ2v) is 8.22. The number of carbonyl (C=O) groups excluding carboxylic acids is 1. The number of nitrogens with one attached hydrogen (secondary N) is 1. The Kier molecular flexibility index (Phi) is 6.60. The molecule has 33 heavy (non-hydrogen) atoms. The number of nitrogens with zero attached hydrogens (tertiary/aromatic N) is 2. The van der Waals surface area contributed by atoms with Gasteiger partial charge >= 0.3 is 0 Å². The predicted octanol–water partition coefficient (Wildman–Crippen LogP) is 5.35. The minimum Gasteiger partial charge on any atom is -0.507 e. The van der Waals surface area contributed by atoms with Crippen LogP contribution in [-0.2, 0) is 0 Å². The van der Waals surface area contributed by atoms with Crippen molar-refractivity contribution < 1.29 is 19.4 Å². The molecule has 2 N–H and O–H groups in total. The minimum absolute atomic E-state index is 0.0272. The molecule has 0 saturated heterocycles. The molecule has 1 atom stereocenters. The first-order valence-corrected chi connectivity index (χ1v) is 11.2. The van der Waals surface area contributed by atoms with Gasteiger partial charge in [-0.3, -0.25) is 9.89 Å². The Bertz CT molecular complexity index is 1190. The van der Waals surface area contributed by atoms with Gasteiger partial charge in [0, 0.05) is 22.7 Å². The number of rotatable bonds is 9. The number of aromatic hydroxyl groups is 1. The normalized spacial score (nSPS) is 14.9. The van der Waals surface area contributed by atoms with Crippen LogP contribution in [0.4, 0.5) is 0 Å². The summed E-state index contributed by atoms with van der Waals surface area (Å²) in [6.07, 6.45) is 3.66. The second kappa shape index (κ2) is 9.58. The molecule has 3 aromatic rings. The van der Waals surface area contributed by atoms with Gasteiger partial charge in [-0.1, -0.05) is 37.1 Å². The standard InChI is InChI=1S/C25H26ClN3O4/c1-4-6-12-33-19-10-7-15(13-20(19)32-3)24-21-22(17-14-16(26)8-9-18(17)30)27-28-23(21)25(31)29(24)11-5-2/h5,7-10,13-14,24,30H,2,4,6,11-12H2,1,3H3,(H,27,28). The molecule has 2 heterocycles. The lowest BCUT2D eigenvalue weighted by Gasteiger charge is -2.26. The fraction of sp³-hybridized carbons (Fsp3) is 0.280. The number of methoxy groups -OCH3 is 1. The zero-order valence-electron chi connectivity index (χ0n) is 18.6. The molecule has 1 unspecified atom stereocenters. The zero-order valence-corrected chi connectivity index (χ0v) is 19.4. The number of ether oxygens (including phenoxy) is 2. The summed E-state index contributed by atoms with van der Waals surface area (Å²) in [7, 11) is 1.59. The highest BCUT2D eigenvalue weighted by Gasteiger charge is 2.42. The Hall–Kier alpha value is -3.45. The molecule has 7 nitrogen and oxygen atoms in total. The molecule has 0 spiro atoms. The van der Waals surface area contributed by atoms with Crippen molar-refractivity contribution in [2.24, 2.45) is 0 Å². The van der Waals surface area contributed by atoms with Crippen LogP contribution in [-0.4, -0.2) is 46.4 Å². The molecular formula is C25H26ClN3O4. The quantitative estimate of drug-likeness (QED) is 0.327. The number of phenolic OH excluding ortho intramolecular Hbond substituents is 1. The SMILES string of the molecule is C=CCN1C(=O)c2[nH]nc(-c3cc(Cl)ccc3O)c2C1c1ccc(OCCCC)c(OC)c1. The molecular weight excluding hydrogens is 442 g/mol. The van der Waals surface area contributed by atoms with E-state index in [0.29, 0.717) is 52.2 Å². The van der Waals surface area contributed by atoms with Crippen molar-refractivity contribution in [3.05, 3.63) is 70.9 Å². The monoisotopic (exact) mass is 467 g/mol. The Morgan fingerprint density at radius 2 is 2.09 bits per heavy atom. The highest BCUT2D eigenvalue weighted by atomic mass is 35.5. The Morgan fingerprint density at radius 3 is 2.82 bits per heavy atom. The van der Waals surface area contributed by atoms with Gasteiger partial charge in [-0.2, -0.15) is 5.10 Å². The van der Waals surface area contributed by atoms with E-state index in [0.717, 1.165) is 18.4 Å². The molecule has 1 aromatic heterocycles. The number of carbonyl (C=O) groups is 1. The fourth-order valence-corrected chi connectivity index (χ4v) is 4.25. The van der Waals surface area contributed by atoms with Crippen LogP contribution in [0.5, 0.6) is 17.2 Å². The van der Waals surface area contributed by atoms with Crippen LogP contribution < -0.4 is 9.47 Å². The van der Waals surface area contributed by atoms with E-state index in [1.807, 2.05) is 18.2 Å². The smallest absolute Gasteiger partial charge is 0.273 e. The molecule has 0 aliphatic carbocycles. The zero-order chi connectivity index (χ0) is 23.5. The maximum atomic E-state index is 13.2. The van der Waals surface area contributed by atoms with E-state index in [1.54, 1.807) is 30.2 Å². The lowest BCUT2D eigenvalue weighted by molar-refractivity contribution is 0.0764. The van der Waals surface area contributed by atoms with Crippen molar-refractivity contribution in [3.63, 3.8) is 0 Å². The van der Waals surface area contributed by atoms with Gasteiger partial charge in [0.15, 0.2) is 11.5 Å². The van der Waals surface area contributed by atoms with Crippen LogP contribution in [0.3, 0.4) is 0 Å². The molecule has 0 saturated carbocycles. The first-order valence-electron chi connectivity index (χ1n) is 10.8. The summed E-state index contributed by atoms with van der Waals surface area (Å²) in [6.45, 7) is 6.85. The highest BCUT2D eigenvalue weighted by Crippen LogP contribution is 2.46. The van der Waals surface area contributed by atoms with Gasteiger partial charge in [-0.25, -0.2) is 0 Å². The number of amides is 1. The summed E-state index contributed by atoms with van der Waals surface area (Å²) in [6, 6.07) is 9.93. The Labute approximate surface area is 197 Å². The van der Waals surface area contributed by atoms with E-state index >= 15 is 0 Å². The molecule has 0 fully saturated rings. The third-order valence-electron chi connectivity index (χ3n) is 5.66. The number of fused-ring (bicyclic) bond motifs is 1. The van der Waals surface area contributed by atoms with Gasteiger partial charge in [0.25, 0.3) is 5.91 Å². The average Bonchev–Trinajstić information content (AvgIpc) is 3.35. The van der Waals surface area contributed by atoms with Gasteiger partial charge in [0.05, 0.1) is 19.8 Å². The maximum absolute atomic E-state index is 13.2. The molecule has 2 aromatic carbocycles. The summed E-state index contributed by atoms with van der Waals surface area (Å²) in [5, 5.41) is 18.2. The van der Waals surface area contributed by atoms with Crippen LogP contribution in [0.25, 0.3) is 11.3 Å². The van der Waals surface area contributed by atoms with Crippen LogP contribution >= 0.6 is 11.6 Å². The molecule has 4 rings (SSSR count). The molecule has 1 aliphatic heterocycles. The summed E-state index contributed by atoms with van der Waals surface area (Å²) < 4.78 is 11.5. The average molecular weight is 468 g/mol. The van der Waals surface area contributed by atoms with E-state index in [2.05, 4.69) is 23.7 Å². The molecule has 1 amide bonds. The van der Waals surface area contributed by atoms with Crippen LogP contribution in [0.2, 0.25) is 5.02 Å². The van der Waals surface area contributed by atoms with Crippen LogP contribution in [0, 0.1) is 0 Å². The number of benzene rings is 2. The lowest BCUT2D eigenvalue weighted by atomic mass is 9.95. The molecule has 172 valence electrons. The van der Waals surface area contributed by atoms with Crippen molar-refractivity contribution >= 4 is 17.5 Å². The summed E-state index contributed by atoms with van der Waals surface area (Å²) in [4.78, 5) is 14.9. The highest BCUT2D eigenvalue weighted by molar-refractivity contribution is 6.31. The number of hydrogen-bond acceptors (Lipinski definition) is 5. The third kappa shape index (κ3) is 4.16. The summed E-state index contributed by atoms with van der Waals surface area (Å²) in [5.41, 5.74) is 2.79. The largest absolute Gasteiger partial charge is 0.507 e. The van der Waals surface area contributed by atoms with Crippen molar-refractivity contribution in [3.8, 4) is 28.5 Å². The van der Waals surface area contributed by atoms with E-state index in [4.69, 9.17) is 21.1 Å². The minimum atomic E-state index is -0.462. The van der Waals surface area contributed by atoms with Crippen molar-refractivity contribution in [1.82, 2.24) is 15.1 Å². The topological polar surface area (TPSA) is 87.7 Å². The van der Waals surface area contributed by atoms with Gasteiger partial charge < -0.3 is 19.5 Å². The first kappa shape index (κ1) is 22.7. The van der Waals surface area contributed by atoms with Crippen molar-refractivity contribution in [2.45, 2.75) is 25.8 Å². The predicted molar refractivity (Wildman–Crippen MR) is 127 cm³/mol. The Morgan fingerprint density at radius 1 is 1.27 bits per heavy atom. The van der Waals surface area contributed by atoms with E-state index < -0.39 is 6.04 Å². The van der Waals surface area contributed by atoms with E-state index in [9.17, 15) is 9.90 Å². The molecule has 1 aliphatic rings. The maximum Gasteiger partial charge on any atom is 0.273 e. The number of H-pyrrole nitrogens is 1. The van der Waals surface area contributed by atoms with Crippen molar-refractivity contribution in [1.29, 1.82) is 0 Å². The second-order valence-electron chi connectivity index (χ2n) is 7.78. The third-order valence-corrected chi connectivity index (χ3v) is 5.90. The number of aromatic amines is 1. The lowest BCUT2D eigenvalue weighted by Crippen LogP contribution is -2.29. The fourth-order valence-electron chi connectivity index (χ4n) is 4.07. The van der Waals surface area contributed by atoms with E-state index in [1.165, 1.54) is 6.07 Å². The summed E-state index contributed by atoms with van der Waals surface area (Å²) in [5.74, 6) is 1.06. The van der Waals surface area contributed by atoms with Gasteiger partial charge in [-0.05, 0) is 42.3 Å².